The predicted molar refractivity (Wildman–Crippen MR) is 91.3 cm³/mol. The lowest BCUT2D eigenvalue weighted by atomic mass is 10.0. The molecule has 0 bridgehead atoms. The van der Waals surface area contributed by atoms with Gasteiger partial charge in [-0.05, 0) is 60.7 Å². The lowest BCUT2D eigenvalue weighted by Gasteiger charge is -2.04. The van der Waals surface area contributed by atoms with Crippen molar-refractivity contribution in [2.24, 2.45) is 0 Å². The number of nitrogens with two attached hydrogens (primary N) is 1. The Labute approximate surface area is 134 Å². The Hall–Kier alpha value is -2.52. The van der Waals surface area contributed by atoms with Crippen LogP contribution in [0.3, 0.4) is 0 Å². The first kappa shape index (κ1) is 14.4. The number of carbonyl (C=O) groups excluding carboxylic acids is 1. The van der Waals surface area contributed by atoms with Gasteiger partial charge in [0, 0.05) is 26.6 Å². The zero-order chi connectivity index (χ0) is 15.4. The molecule has 0 amide bonds. The molecule has 2 nitrogen and oxygen atoms in total. The number of nitrogen functional groups attached to an aromatic ring is 1. The van der Waals surface area contributed by atoms with Crippen LogP contribution < -0.4 is 5.73 Å². The molecule has 2 N–H and O–H groups in total. The van der Waals surface area contributed by atoms with Crippen LogP contribution in [0.15, 0.2) is 88.7 Å². The number of hydrogen-bond donors (Lipinski definition) is 1. The molecule has 0 atom stereocenters. The number of benzene rings is 3. The van der Waals surface area contributed by atoms with Crippen molar-refractivity contribution in [3.8, 4) is 0 Å². The van der Waals surface area contributed by atoms with Crippen LogP contribution in [0.1, 0.15) is 15.9 Å². The van der Waals surface area contributed by atoms with Gasteiger partial charge in [0.05, 0.1) is 0 Å². The SMILES string of the molecule is Nc1ccc(C(=O)c2ccc(Sc3ccccc3)cc2)cc1. The predicted octanol–water partition coefficient (Wildman–Crippen LogP) is 4.65. The fraction of sp³-hybridized carbons (Fsp3) is 0. The van der Waals surface area contributed by atoms with E-state index < -0.39 is 0 Å². The van der Waals surface area contributed by atoms with Crippen LogP contribution in [0.4, 0.5) is 5.69 Å². The van der Waals surface area contributed by atoms with Crippen molar-refractivity contribution in [1.29, 1.82) is 0 Å². The van der Waals surface area contributed by atoms with Crippen molar-refractivity contribution in [2.45, 2.75) is 9.79 Å². The summed E-state index contributed by atoms with van der Waals surface area (Å²) in [5, 5.41) is 0. The maximum absolute atomic E-state index is 12.4. The molecule has 108 valence electrons. The third kappa shape index (κ3) is 3.38. The van der Waals surface area contributed by atoms with E-state index >= 15 is 0 Å². The third-order valence-electron chi connectivity index (χ3n) is 3.27. The first-order chi connectivity index (χ1) is 10.7. The molecule has 0 aromatic heterocycles. The first-order valence-corrected chi connectivity index (χ1v) is 7.77. The normalized spacial score (nSPS) is 10.4. The smallest absolute Gasteiger partial charge is 0.193 e. The summed E-state index contributed by atoms with van der Waals surface area (Å²) in [6, 6.07) is 24.8. The van der Waals surface area contributed by atoms with Crippen molar-refractivity contribution >= 4 is 23.2 Å². The van der Waals surface area contributed by atoms with Gasteiger partial charge in [-0.3, -0.25) is 4.79 Å². The van der Waals surface area contributed by atoms with Gasteiger partial charge in [0.1, 0.15) is 0 Å². The summed E-state index contributed by atoms with van der Waals surface area (Å²) in [4.78, 5) is 14.7. The summed E-state index contributed by atoms with van der Waals surface area (Å²) in [5.74, 6) is 0.0104. The number of carbonyl (C=O) groups is 1. The maximum Gasteiger partial charge on any atom is 0.193 e. The highest BCUT2D eigenvalue weighted by Crippen LogP contribution is 2.27. The largest absolute Gasteiger partial charge is 0.399 e. The molecule has 0 aliphatic heterocycles. The molecule has 0 unspecified atom stereocenters. The molecule has 0 aliphatic carbocycles. The molecule has 0 saturated heterocycles. The van der Waals surface area contributed by atoms with Crippen molar-refractivity contribution in [1.82, 2.24) is 0 Å². The van der Waals surface area contributed by atoms with Crippen molar-refractivity contribution in [2.75, 3.05) is 5.73 Å². The van der Waals surface area contributed by atoms with Crippen LogP contribution in [0.5, 0.6) is 0 Å². The van der Waals surface area contributed by atoms with Gasteiger partial charge >= 0.3 is 0 Å². The lowest BCUT2D eigenvalue weighted by Crippen LogP contribution is -2.01. The first-order valence-electron chi connectivity index (χ1n) is 6.95. The van der Waals surface area contributed by atoms with E-state index in [4.69, 9.17) is 5.73 Å². The zero-order valence-corrected chi connectivity index (χ0v) is 12.7. The number of ketones is 1. The minimum Gasteiger partial charge on any atom is -0.399 e. The quantitative estimate of drug-likeness (QED) is 0.563. The summed E-state index contributed by atoms with van der Waals surface area (Å²) >= 11 is 1.68. The van der Waals surface area contributed by atoms with E-state index in [-0.39, 0.29) is 5.78 Å². The van der Waals surface area contributed by atoms with Crippen molar-refractivity contribution in [3.05, 3.63) is 90.0 Å². The topological polar surface area (TPSA) is 43.1 Å². The Kier molecular flexibility index (Phi) is 4.26. The Bertz CT molecular complexity index is 765. The van der Waals surface area contributed by atoms with Gasteiger partial charge in [-0.2, -0.15) is 0 Å². The van der Waals surface area contributed by atoms with Gasteiger partial charge in [-0.15, -0.1) is 0 Å². The monoisotopic (exact) mass is 305 g/mol. The van der Waals surface area contributed by atoms with E-state index in [1.165, 1.54) is 4.90 Å². The van der Waals surface area contributed by atoms with E-state index in [9.17, 15) is 4.79 Å². The van der Waals surface area contributed by atoms with Gasteiger partial charge in [-0.25, -0.2) is 0 Å². The van der Waals surface area contributed by atoms with Crippen molar-refractivity contribution in [3.63, 3.8) is 0 Å². The Morgan fingerprint density at radius 1 is 0.682 bits per heavy atom. The molecular formula is C19H15NOS. The van der Waals surface area contributed by atoms with Crippen LogP contribution >= 0.6 is 11.8 Å². The molecule has 22 heavy (non-hydrogen) atoms. The zero-order valence-electron chi connectivity index (χ0n) is 11.9. The van der Waals surface area contributed by atoms with Crippen LogP contribution in [0, 0.1) is 0 Å². The minimum atomic E-state index is 0.0104. The Morgan fingerprint density at radius 3 is 1.77 bits per heavy atom. The second-order valence-electron chi connectivity index (χ2n) is 4.89. The van der Waals surface area contributed by atoms with Crippen LogP contribution in [0.2, 0.25) is 0 Å². The average molecular weight is 305 g/mol. The number of rotatable bonds is 4. The highest BCUT2D eigenvalue weighted by Gasteiger charge is 2.08. The molecule has 3 heteroatoms. The molecule has 0 radical (unpaired) electrons. The molecule has 3 aromatic carbocycles. The van der Waals surface area contributed by atoms with Gasteiger partial charge in [-0.1, -0.05) is 30.0 Å². The fourth-order valence-electron chi connectivity index (χ4n) is 2.10. The van der Waals surface area contributed by atoms with Crippen LogP contribution in [-0.4, -0.2) is 5.78 Å². The van der Waals surface area contributed by atoms with Crippen LogP contribution in [-0.2, 0) is 0 Å². The van der Waals surface area contributed by atoms with E-state index in [0.29, 0.717) is 16.8 Å². The second-order valence-corrected chi connectivity index (χ2v) is 6.04. The molecule has 0 heterocycles. The van der Waals surface area contributed by atoms with Gasteiger partial charge in [0.2, 0.25) is 0 Å². The van der Waals surface area contributed by atoms with E-state index in [1.807, 2.05) is 42.5 Å². The molecule has 0 saturated carbocycles. The summed E-state index contributed by atoms with van der Waals surface area (Å²) in [6.07, 6.45) is 0. The Balaban J connectivity index is 1.76. The fourth-order valence-corrected chi connectivity index (χ4v) is 2.94. The highest BCUT2D eigenvalue weighted by molar-refractivity contribution is 7.99. The third-order valence-corrected chi connectivity index (χ3v) is 4.28. The number of hydrogen-bond acceptors (Lipinski definition) is 3. The molecule has 0 aliphatic rings. The van der Waals surface area contributed by atoms with E-state index in [1.54, 1.807) is 36.0 Å². The molecule has 3 rings (SSSR count). The molecule has 0 fully saturated rings. The summed E-state index contributed by atoms with van der Waals surface area (Å²) in [6.45, 7) is 0. The standard InChI is InChI=1S/C19H15NOS/c20-16-10-6-14(7-11-16)19(21)15-8-12-18(13-9-15)22-17-4-2-1-3-5-17/h1-13H,20H2. The molecule has 3 aromatic rings. The van der Waals surface area contributed by atoms with E-state index in [2.05, 4.69) is 12.1 Å². The average Bonchev–Trinajstić information content (AvgIpc) is 2.57. The highest BCUT2D eigenvalue weighted by atomic mass is 32.2. The maximum atomic E-state index is 12.4. The minimum absolute atomic E-state index is 0.0104. The van der Waals surface area contributed by atoms with Gasteiger partial charge in [0.25, 0.3) is 0 Å². The summed E-state index contributed by atoms with van der Waals surface area (Å²) in [7, 11) is 0. The van der Waals surface area contributed by atoms with Gasteiger partial charge in [0.15, 0.2) is 5.78 Å². The van der Waals surface area contributed by atoms with Crippen LogP contribution in [0.25, 0.3) is 0 Å². The Morgan fingerprint density at radius 2 is 1.18 bits per heavy atom. The summed E-state index contributed by atoms with van der Waals surface area (Å²) in [5.41, 5.74) is 7.64. The lowest BCUT2D eigenvalue weighted by molar-refractivity contribution is 0.103. The molecule has 0 spiro atoms. The second kappa shape index (κ2) is 6.50. The van der Waals surface area contributed by atoms with Crippen molar-refractivity contribution < 1.29 is 4.79 Å². The summed E-state index contributed by atoms with van der Waals surface area (Å²) < 4.78 is 0. The molecular weight excluding hydrogens is 290 g/mol. The van der Waals surface area contributed by atoms with Gasteiger partial charge < -0.3 is 5.73 Å². The number of anilines is 1. The van der Waals surface area contributed by atoms with E-state index in [0.717, 1.165) is 4.90 Å².